The van der Waals surface area contributed by atoms with Crippen LogP contribution in [0.25, 0.3) is 0 Å². The van der Waals surface area contributed by atoms with Crippen LogP contribution in [0.15, 0.2) is 54.6 Å². The Bertz CT molecular complexity index is 1750. The number of fused-ring (bicyclic) bond motifs is 11. The molecule has 4 N–H and O–H groups in total. The van der Waals surface area contributed by atoms with Gasteiger partial charge in [-0.1, -0.05) is 75.1 Å². The Morgan fingerprint density at radius 3 is 2.31 bits per heavy atom. The molecule has 3 aliphatic heterocycles. The molecule has 15 nitrogen and oxygen atoms in total. The summed E-state index contributed by atoms with van der Waals surface area (Å²) >= 11 is 0. The minimum absolute atomic E-state index is 0.102. The molecule has 1 aliphatic carbocycles. The first-order valence-electron chi connectivity index (χ1n) is 20.6. The van der Waals surface area contributed by atoms with Gasteiger partial charge < -0.3 is 40.5 Å². The van der Waals surface area contributed by atoms with Crippen LogP contribution in [0.3, 0.4) is 0 Å². The van der Waals surface area contributed by atoms with Crippen LogP contribution in [-0.2, 0) is 44.7 Å². The van der Waals surface area contributed by atoms with Gasteiger partial charge in [0, 0.05) is 39.9 Å². The van der Waals surface area contributed by atoms with Crippen molar-refractivity contribution in [2.45, 2.75) is 108 Å². The average Bonchev–Trinajstić information content (AvgIpc) is 3.67. The molecule has 3 heterocycles. The maximum Gasteiger partial charge on any atom is 0.290 e. The van der Waals surface area contributed by atoms with E-state index in [4.69, 9.17) is 9.47 Å². The van der Waals surface area contributed by atoms with E-state index in [0.29, 0.717) is 43.8 Å². The summed E-state index contributed by atoms with van der Waals surface area (Å²) < 4.78 is 12.0. The molecule has 2 aromatic carbocycles. The van der Waals surface area contributed by atoms with Crippen molar-refractivity contribution in [3.63, 3.8) is 0 Å². The van der Waals surface area contributed by atoms with Gasteiger partial charge in [-0.3, -0.25) is 33.6 Å². The largest absolute Gasteiger partial charge is 0.494 e. The van der Waals surface area contributed by atoms with E-state index in [1.165, 1.54) is 9.80 Å². The molecule has 0 spiro atoms. The first kappa shape index (κ1) is 43.8. The Labute approximate surface area is 340 Å². The van der Waals surface area contributed by atoms with Crippen molar-refractivity contribution in [2.75, 3.05) is 40.4 Å². The van der Waals surface area contributed by atoms with Crippen LogP contribution in [0.4, 0.5) is 0 Å². The van der Waals surface area contributed by atoms with E-state index in [1.807, 2.05) is 24.3 Å². The zero-order valence-electron chi connectivity index (χ0n) is 33.8. The highest BCUT2D eigenvalue weighted by molar-refractivity contribution is 6.38. The second-order valence-electron chi connectivity index (χ2n) is 15.6. The first-order chi connectivity index (χ1) is 27.9. The lowest BCUT2D eigenvalue weighted by molar-refractivity contribution is -0.144. The van der Waals surface area contributed by atoms with Crippen LogP contribution in [0.5, 0.6) is 5.75 Å². The summed E-state index contributed by atoms with van der Waals surface area (Å²) in [6.45, 7) is 2.05. The minimum atomic E-state index is -1.24. The number of likely N-dealkylation sites (N-methyl/N-ethyl adjacent to an activating group) is 1. The summed E-state index contributed by atoms with van der Waals surface area (Å²) in [6.07, 6.45) is 5.90. The molecule has 0 radical (unpaired) electrons. The molecule has 5 atom stereocenters. The minimum Gasteiger partial charge on any atom is -0.494 e. The predicted octanol–water partition coefficient (Wildman–Crippen LogP) is 2.37. The monoisotopic (exact) mass is 802 g/mol. The number of amides is 6. The summed E-state index contributed by atoms with van der Waals surface area (Å²) in [5, 5.41) is 10.7. The number of Topliss-reactive ketones (excluding diaryl/α,β-unsaturated/α-hetero) is 1. The lowest BCUT2D eigenvalue weighted by Gasteiger charge is -2.35. The summed E-state index contributed by atoms with van der Waals surface area (Å²) in [5.41, 5.74) is 1.51. The van der Waals surface area contributed by atoms with Crippen LogP contribution < -0.4 is 26.0 Å². The summed E-state index contributed by atoms with van der Waals surface area (Å²) in [7, 11) is 3.12. The average molecular weight is 803 g/mol. The number of carbonyl (C=O) groups excluding carboxylic acids is 7. The first-order valence-corrected chi connectivity index (χ1v) is 20.6. The highest BCUT2D eigenvalue weighted by atomic mass is 16.5. The van der Waals surface area contributed by atoms with E-state index in [0.717, 1.165) is 37.7 Å². The summed E-state index contributed by atoms with van der Waals surface area (Å²) in [4.78, 5) is 97.4. The number of benzene rings is 2. The number of carbonyl (C=O) groups is 7. The van der Waals surface area contributed by atoms with Gasteiger partial charge in [-0.25, -0.2) is 0 Å². The Kier molecular flexibility index (Phi) is 16.2. The van der Waals surface area contributed by atoms with E-state index in [1.54, 1.807) is 51.4 Å². The zero-order chi connectivity index (χ0) is 41.6. The maximum absolute atomic E-state index is 14.6. The molecule has 58 heavy (non-hydrogen) atoms. The second kappa shape index (κ2) is 21.4. The summed E-state index contributed by atoms with van der Waals surface area (Å²) in [6, 6.07) is 12.1. The fraction of sp³-hybridized carbons (Fsp3) is 0.558. The molecule has 1 saturated carbocycles. The van der Waals surface area contributed by atoms with Crippen molar-refractivity contribution in [3.8, 4) is 5.75 Å². The van der Waals surface area contributed by atoms with Gasteiger partial charge in [-0.15, -0.1) is 0 Å². The van der Waals surface area contributed by atoms with Crippen LogP contribution in [0.2, 0.25) is 0 Å². The zero-order valence-corrected chi connectivity index (χ0v) is 33.8. The van der Waals surface area contributed by atoms with E-state index in [9.17, 15) is 33.6 Å². The molecule has 1 saturated heterocycles. The van der Waals surface area contributed by atoms with Crippen LogP contribution >= 0.6 is 0 Å². The molecule has 6 rings (SSSR count). The van der Waals surface area contributed by atoms with Gasteiger partial charge in [0.25, 0.3) is 5.91 Å². The number of aryl methyl sites for hydroxylation is 1. The summed E-state index contributed by atoms with van der Waals surface area (Å²) in [5.74, 6) is -3.73. The molecule has 314 valence electrons. The Morgan fingerprint density at radius 1 is 0.897 bits per heavy atom. The lowest BCUT2D eigenvalue weighted by Crippen LogP contribution is -2.58. The van der Waals surface area contributed by atoms with Gasteiger partial charge in [0.1, 0.15) is 23.9 Å². The number of hydrogen-bond acceptors (Lipinski definition) is 9. The molecule has 4 aliphatic rings. The van der Waals surface area contributed by atoms with Crippen LogP contribution in [0.1, 0.15) is 88.3 Å². The van der Waals surface area contributed by atoms with Crippen molar-refractivity contribution in [2.24, 2.45) is 5.92 Å². The van der Waals surface area contributed by atoms with E-state index in [2.05, 4.69) is 21.3 Å². The van der Waals surface area contributed by atoms with Gasteiger partial charge in [-0.2, -0.15) is 0 Å². The smallest absolute Gasteiger partial charge is 0.290 e. The standard InChI is InChI=1S/C43H58N6O9/c1-4-12-33(39(52)41(54)44-26-36(51)47-37(42(55)48(2)3)29-13-7-5-8-14-29)45-40(53)34-25-32-27-49(34)43(56)38(30-15-9-6-10-16-30)46-35(50)22-19-28-17-20-31(21-18-28)57-23-11-24-58-32/h5,7-8,13-14,17-18,20-21,30,32-34,37-38H,4,6,9-12,15-16,19,22-27H2,1-3H3,(H,44,54)(H,45,53)(H,46,50)(H,47,51)/t32-,33?,34?,37+,38+/m1/s1. The third kappa shape index (κ3) is 12.1. The highest BCUT2D eigenvalue weighted by Crippen LogP contribution is 2.30. The third-order valence-electron chi connectivity index (χ3n) is 11.0. The van der Waals surface area contributed by atoms with E-state index < -0.39 is 60.3 Å². The lowest BCUT2D eigenvalue weighted by atomic mass is 9.83. The Morgan fingerprint density at radius 2 is 1.62 bits per heavy atom. The van der Waals surface area contributed by atoms with Gasteiger partial charge >= 0.3 is 0 Å². The Hall–Kier alpha value is -5.31. The van der Waals surface area contributed by atoms with E-state index in [-0.39, 0.29) is 49.4 Å². The number of hydrogen-bond donors (Lipinski definition) is 4. The molecule has 2 fully saturated rings. The topological polar surface area (TPSA) is 193 Å². The van der Waals surface area contributed by atoms with Gasteiger partial charge in [-0.05, 0) is 54.9 Å². The van der Waals surface area contributed by atoms with Crippen LogP contribution in [-0.4, -0.2) is 116 Å². The molecule has 0 aromatic heterocycles. The van der Waals surface area contributed by atoms with Crippen molar-refractivity contribution in [1.82, 2.24) is 31.1 Å². The van der Waals surface area contributed by atoms with Gasteiger partial charge in [0.15, 0.2) is 0 Å². The SMILES string of the molecule is CCCC(NC(=O)C1C[C@@H]2CN1C(=O)[C@H](C1CCCCC1)NC(=O)CCc1ccc(cc1)OCCCO2)C(=O)C(=O)NCC(=O)N[C@H](C(=O)N(C)C)c1ccccc1. The predicted molar refractivity (Wildman–Crippen MR) is 214 cm³/mol. The third-order valence-corrected chi connectivity index (χ3v) is 11.0. The fourth-order valence-corrected chi connectivity index (χ4v) is 7.83. The number of nitrogens with one attached hydrogen (secondary N) is 4. The molecular formula is C43H58N6O9. The van der Waals surface area contributed by atoms with Crippen molar-refractivity contribution >= 4 is 41.2 Å². The van der Waals surface area contributed by atoms with Gasteiger partial charge in [0.2, 0.25) is 35.3 Å². The number of ether oxygens (including phenoxy) is 2. The number of nitrogens with zero attached hydrogens (tertiary/aromatic N) is 2. The van der Waals surface area contributed by atoms with Crippen molar-refractivity contribution in [3.05, 3.63) is 65.7 Å². The van der Waals surface area contributed by atoms with Crippen molar-refractivity contribution in [1.29, 1.82) is 0 Å². The number of ketones is 1. The second-order valence-corrected chi connectivity index (χ2v) is 15.6. The number of rotatable bonds is 12. The molecule has 2 unspecified atom stereocenters. The molecule has 15 heteroatoms. The highest BCUT2D eigenvalue weighted by Gasteiger charge is 2.45. The fourth-order valence-electron chi connectivity index (χ4n) is 7.83. The molecule has 4 bridgehead atoms. The van der Waals surface area contributed by atoms with Crippen LogP contribution in [0, 0.1) is 5.92 Å². The Balaban J connectivity index is 1.28. The molecule has 2 aromatic rings. The molecule has 6 amide bonds. The molecular weight excluding hydrogens is 745 g/mol. The van der Waals surface area contributed by atoms with E-state index >= 15 is 0 Å². The maximum atomic E-state index is 14.6. The van der Waals surface area contributed by atoms with Crippen molar-refractivity contribution < 1.29 is 43.0 Å². The van der Waals surface area contributed by atoms with Gasteiger partial charge in [0.05, 0.1) is 31.9 Å². The quantitative estimate of drug-likeness (QED) is 0.234. The normalized spacial score (nSPS) is 21.6.